The Kier molecular flexibility index (Phi) is 10.8. The molecule has 0 saturated carbocycles. The molecule has 1 atom stereocenters. The third-order valence-electron chi connectivity index (χ3n) is 6.41. The van der Waals surface area contributed by atoms with E-state index in [4.69, 9.17) is 14.2 Å². The number of thioether (sulfide) groups is 1. The smallest absolute Gasteiger partial charge is 0.490 e. The summed E-state index contributed by atoms with van der Waals surface area (Å²) in [5.74, 6) is -3.81. The van der Waals surface area contributed by atoms with E-state index in [2.05, 4.69) is 15.6 Å². The van der Waals surface area contributed by atoms with E-state index < -0.39 is 47.6 Å². The van der Waals surface area contributed by atoms with E-state index >= 15 is 0 Å². The molecule has 0 radical (unpaired) electrons. The summed E-state index contributed by atoms with van der Waals surface area (Å²) in [4.78, 5) is 30.5. The van der Waals surface area contributed by atoms with Crippen molar-refractivity contribution in [3.63, 3.8) is 0 Å². The molecule has 0 aliphatic rings. The Morgan fingerprint density at radius 2 is 1.66 bits per heavy atom. The number of carbonyl (C=O) groups is 2. The summed E-state index contributed by atoms with van der Waals surface area (Å²) in [6.45, 7) is 4.64. The van der Waals surface area contributed by atoms with Crippen molar-refractivity contribution in [2.45, 2.75) is 55.7 Å². The SMILES string of the molecule is CCOc1cc(C(Nc2ccc3cnccc3c2)(OC(=O)C(F)(F)F)C(=O)NCc2ccccc2SC(F)(F)F)ccc1OC(C)C. The van der Waals surface area contributed by atoms with Crippen LogP contribution in [0.2, 0.25) is 0 Å². The summed E-state index contributed by atoms with van der Waals surface area (Å²) < 4.78 is 97.5. The molecule has 0 aliphatic heterocycles. The summed E-state index contributed by atoms with van der Waals surface area (Å²) in [7, 11) is 0. The quantitative estimate of drug-likeness (QED) is 0.0679. The lowest BCUT2D eigenvalue weighted by molar-refractivity contribution is -0.213. The van der Waals surface area contributed by atoms with Crippen LogP contribution in [0.4, 0.5) is 32.0 Å². The van der Waals surface area contributed by atoms with E-state index in [0.29, 0.717) is 10.8 Å². The second-order valence-electron chi connectivity index (χ2n) is 10.2. The number of esters is 1. The Hall–Kier alpha value is -4.66. The molecular formula is C32H29F6N3O5S. The van der Waals surface area contributed by atoms with Crippen LogP contribution in [-0.2, 0) is 26.6 Å². The summed E-state index contributed by atoms with van der Waals surface area (Å²) in [6.07, 6.45) is -2.85. The highest BCUT2D eigenvalue weighted by Gasteiger charge is 2.52. The number of hydrogen-bond acceptors (Lipinski definition) is 8. The van der Waals surface area contributed by atoms with Crippen LogP contribution in [-0.4, -0.2) is 41.3 Å². The molecule has 0 fully saturated rings. The molecule has 0 bridgehead atoms. The highest BCUT2D eigenvalue weighted by Crippen LogP contribution is 2.40. The molecule has 15 heteroatoms. The number of halogens is 6. The van der Waals surface area contributed by atoms with Crippen molar-refractivity contribution in [1.29, 1.82) is 0 Å². The van der Waals surface area contributed by atoms with E-state index in [0.717, 1.165) is 0 Å². The normalized spacial score (nSPS) is 13.1. The predicted octanol–water partition coefficient (Wildman–Crippen LogP) is 7.72. The minimum absolute atomic E-state index is 0.00751. The third kappa shape index (κ3) is 8.99. The van der Waals surface area contributed by atoms with Crippen molar-refractivity contribution < 1.29 is 50.1 Å². The molecule has 2 N–H and O–H groups in total. The number of alkyl halides is 6. The van der Waals surface area contributed by atoms with Crippen molar-refractivity contribution in [2.75, 3.05) is 11.9 Å². The van der Waals surface area contributed by atoms with Crippen LogP contribution in [0.5, 0.6) is 11.5 Å². The first-order valence-corrected chi connectivity index (χ1v) is 14.9. The summed E-state index contributed by atoms with van der Waals surface area (Å²) in [6, 6.07) is 15.2. The molecule has 0 aliphatic carbocycles. The van der Waals surface area contributed by atoms with Gasteiger partial charge in [-0.3, -0.25) is 9.78 Å². The van der Waals surface area contributed by atoms with Gasteiger partial charge in [0.25, 0.3) is 11.6 Å². The van der Waals surface area contributed by atoms with Crippen LogP contribution in [0.3, 0.4) is 0 Å². The van der Waals surface area contributed by atoms with Crippen molar-refractivity contribution in [2.24, 2.45) is 0 Å². The maximum Gasteiger partial charge on any atom is 0.491 e. The molecule has 8 nitrogen and oxygen atoms in total. The van der Waals surface area contributed by atoms with E-state index in [-0.39, 0.29) is 45.9 Å². The van der Waals surface area contributed by atoms with Gasteiger partial charge >= 0.3 is 17.7 Å². The van der Waals surface area contributed by atoms with Crippen molar-refractivity contribution in [3.8, 4) is 11.5 Å². The van der Waals surface area contributed by atoms with Crippen LogP contribution < -0.4 is 20.1 Å². The molecule has 3 aromatic carbocycles. The van der Waals surface area contributed by atoms with Crippen LogP contribution in [0.25, 0.3) is 10.8 Å². The van der Waals surface area contributed by atoms with Crippen LogP contribution in [0.15, 0.2) is 84.0 Å². The Labute approximate surface area is 269 Å². The lowest BCUT2D eigenvalue weighted by Crippen LogP contribution is -2.54. The number of pyridine rings is 1. The highest BCUT2D eigenvalue weighted by molar-refractivity contribution is 8.00. The first-order chi connectivity index (χ1) is 22.1. The zero-order chi connectivity index (χ0) is 34.4. The Morgan fingerprint density at radius 3 is 2.34 bits per heavy atom. The Bertz CT molecular complexity index is 1730. The van der Waals surface area contributed by atoms with E-state index in [9.17, 15) is 35.9 Å². The number of nitrogens with one attached hydrogen (secondary N) is 2. The van der Waals surface area contributed by atoms with Gasteiger partial charge in [0, 0.05) is 40.5 Å². The van der Waals surface area contributed by atoms with Crippen LogP contribution in [0, 0.1) is 0 Å². The van der Waals surface area contributed by atoms with Gasteiger partial charge in [0.15, 0.2) is 11.5 Å². The van der Waals surface area contributed by atoms with Crippen LogP contribution >= 0.6 is 11.8 Å². The van der Waals surface area contributed by atoms with Gasteiger partial charge in [-0.1, -0.05) is 24.3 Å². The molecule has 47 heavy (non-hydrogen) atoms. The fourth-order valence-electron chi connectivity index (χ4n) is 4.47. The van der Waals surface area contributed by atoms with E-state index in [1.54, 1.807) is 39.1 Å². The van der Waals surface area contributed by atoms with Gasteiger partial charge in [-0.15, -0.1) is 0 Å². The average Bonchev–Trinajstić information content (AvgIpc) is 2.99. The topological polar surface area (TPSA) is 98.8 Å². The average molecular weight is 682 g/mol. The minimum atomic E-state index is -5.54. The number of amides is 1. The Balaban J connectivity index is 1.88. The largest absolute Gasteiger partial charge is 0.491 e. The highest BCUT2D eigenvalue weighted by atomic mass is 32.2. The van der Waals surface area contributed by atoms with E-state index in [1.807, 2.05) is 0 Å². The van der Waals surface area contributed by atoms with Gasteiger partial charge in [0.05, 0.1) is 12.7 Å². The third-order valence-corrected chi connectivity index (χ3v) is 7.26. The lowest BCUT2D eigenvalue weighted by atomic mass is 9.99. The molecule has 1 aromatic heterocycles. The van der Waals surface area contributed by atoms with Gasteiger partial charge in [0.1, 0.15) is 0 Å². The number of rotatable bonds is 12. The van der Waals surface area contributed by atoms with Gasteiger partial charge < -0.3 is 24.8 Å². The predicted molar refractivity (Wildman–Crippen MR) is 163 cm³/mol. The van der Waals surface area contributed by atoms with Gasteiger partial charge in [0.2, 0.25) is 0 Å². The summed E-state index contributed by atoms with van der Waals surface area (Å²) in [5.41, 5.74) is -7.83. The van der Waals surface area contributed by atoms with Gasteiger partial charge in [-0.2, -0.15) is 26.3 Å². The number of carbonyl (C=O) groups excluding carboxylic acids is 2. The number of ether oxygens (including phenoxy) is 3. The summed E-state index contributed by atoms with van der Waals surface area (Å²) in [5, 5.41) is 6.27. The molecule has 0 spiro atoms. The molecule has 0 saturated heterocycles. The van der Waals surface area contributed by atoms with Gasteiger partial charge in [-0.05, 0) is 85.9 Å². The second kappa shape index (κ2) is 14.4. The number of fused-ring (bicyclic) bond motifs is 1. The zero-order valence-corrected chi connectivity index (χ0v) is 26.0. The number of benzene rings is 3. The molecular weight excluding hydrogens is 652 g/mol. The standard InChI is InChI=1S/C32H29F6N3O5S/c1-4-44-26-16-23(10-12-25(26)45-19(2)3)30(46-29(43)31(33,34)35,41-24-11-9-21-17-39-14-13-20(21)15-24)28(42)40-18-22-7-5-6-8-27(22)47-32(36,37)38/h5-17,19,41H,4,18H2,1-3H3,(H,40,42). The van der Waals surface area contributed by atoms with E-state index in [1.165, 1.54) is 60.8 Å². The molecule has 1 unspecified atom stereocenters. The zero-order valence-electron chi connectivity index (χ0n) is 25.2. The maximum atomic E-state index is 14.2. The monoisotopic (exact) mass is 681 g/mol. The number of aromatic nitrogens is 1. The molecule has 250 valence electrons. The first-order valence-electron chi connectivity index (χ1n) is 14.1. The second-order valence-corrected chi connectivity index (χ2v) is 11.3. The number of nitrogens with zero attached hydrogens (tertiary/aromatic N) is 1. The summed E-state index contributed by atoms with van der Waals surface area (Å²) >= 11 is -0.422. The lowest BCUT2D eigenvalue weighted by Gasteiger charge is -2.35. The Morgan fingerprint density at radius 1 is 0.915 bits per heavy atom. The first kappa shape index (κ1) is 35.2. The van der Waals surface area contributed by atoms with Crippen molar-refractivity contribution >= 4 is 40.1 Å². The molecule has 4 rings (SSSR count). The molecule has 1 amide bonds. The maximum absolute atomic E-state index is 14.2. The van der Waals surface area contributed by atoms with Crippen LogP contribution in [0.1, 0.15) is 31.9 Å². The number of anilines is 1. The van der Waals surface area contributed by atoms with Gasteiger partial charge in [-0.25, -0.2) is 4.79 Å². The minimum Gasteiger partial charge on any atom is -0.490 e. The number of hydrogen-bond donors (Lipinski definition) is 2. The molecule has 1 heterocycles. The van der Waals surface area contributed by atoms with Crippen molar-refractivity contribution in [3.05, 3.63) is 90.3 Å². The van der Waals surface area contributed by atoms with Crippen molar-refractivity contribution in [1.82, 2.24) is 10.3 Å². The fraction of sp³-hybridized carbons (Fsp3) is 0.281. The molecule has 4 aromatic rings. The fourth-order valence-corrected chi connectivity index (χ4v) is 5.14.